The van der Waals surface area contributed by atoms with Gasteiger partial charge in [0, 0.05) is 55.2 Å². The van der Waals surface area contributed by atoms with Crippen molar-refractivity contribution in [2.24, 2.45) is 0 Å². The highest BCUT2D eigenvalue weighted by Gasteiger charge is 2.47. The predicted molar refractivity (Wildman–Crippen MR) is 143 cm³/mol. The molecular formula is C27H33F2N7O4. The number of pyridine rings is 1. The van der Waals surface area contributed by atoms with Crippen LogP contribution in [0.2, 0.25) is 0 Å². The summed E-state index contributed by atoms with van der Waals surface area (Å²) >= 11 is 0. The first kappa shape index (κ1) is 30.4. The highest BCUT2D eigenvalue weighted by Crippen LogP contribution is 2.31. The molecule has 2 heterocycles. The molecule has 3 rings (SSSR count). The Balaban J connectivity index is 1.56. The molecule has 1 atom stereocenters. The quantitative estimate of drug-likeness (QED) is 0.325. The number of halogens is 2. The second-order valence-electron chi connectivity index (χ2n) is 10.6. The standard InChI is InChI=1S/C27H33F2N7O4/c1-26(2,3)34-11-10-32-22(37)6-7-23(38)35-17-4-5-21-20(12-17)19(8-9-31-21)25(40)33-15-24(39)36-16-27(28,29)13-18(36)14-30/h4-5,8-9,12,18,34H,6-7,10-11,13,15-16H2,1-3H3,(H,32,37)(H,33,40)(H,35,38)/t18-/m0/s1. The summed E-state index contributed by atoms with van der Waals surface area (Å²) in [6.45, 7) is 5.65. The van der Waals surface area contributed by atoms with Crippen LogP contribution in [0, 0.1) is 11.3 Å². The maximum Gasteiger partial charge on any atom is 0.268 e. The fraction of sp³-hybridized carbons (Fsp3) is 0.481. The smallest absolute Gasteiger partial charge is 0.268 e. The topological polar surface area (TPSA) is 156 Å². The summed E-state index contributed by atoms with van der Waals surface area (Å²) in [5, 5.41) is 20.6. The van der Waals surface area contributed by atoms with Crippen LogP contribution in [0.4, 0.5) is 14.5 Å². The zero-order valence-corrected chi connectivity index (χ0v) is 22.6. The highest BCUT2D eigenvalue weighted by atomic mass is 19.3. The van der Waals surface area contributed by atoms with Gasteiger partial charge in [0.25, 0.3) is 11.8 Å². The van der Waals surface area contributed by atoms with Crippen LogP contribution < -0.4 is 21.3 Å². The molecule has 1 aromatic heterocycles. The van der Waals surface area contributed by atoms with Crippen molar-refractivity contribution in [2.45, 2.75) is 57.5 Å². The summed E-state index contributed by atoms with van der Waals surface area (Å²) in [5.74, 6) is -5.24. The van der Waals surface area contributed by atoms with Gasteiger partial charge < -0.3 is 26.2 Å². The lowest BCUT2D eigenvalue weighted by Crippen LogP contribution is -2.43. The summed E-state index contributed by atoms with van der Waals surface area (Å²) in [4.78, 5) is 54.7. The van der Waals surface area contributed by atoms with E-state index in [2.05, 4.69) is 26.3 Å². The molecule has 214 valence electrons. The molecule has 1 saturated heterocycles. The van der Waals surface area contributed by atoms with Crippen LogP contribution in [0.5, 0.6) is 0 Å². The number of nitrogens with one attached hydrogen (secondary N) is 4. The summed E-state index contributed by atoms with van der Waals surface area (Å²) in [5.41, 5.74) is 0.916. The van der Waals surface area contributed by atoms with Crippen molar-refractivity contribution in [2.75, 3.05) is 31.5 Å². The van der Waals surface area contributed by atoms with Gasteiger partial charge in [-0.15, -0.1) is 0 Å². The number of rotatable bonds is 10. The van der Waals surface area contributed by atoms with E-state index >= 15 is 0 Å². The van der Waals surface area contributed by atoms with Gasteiger partial charge in [0.2, 0.25) is 17.7 Å². The van der Waals surface area contributed by atoms with E-state index in [0.29, 0.717) is 29.7 Å². The van der Waals surface area contributed by atoms with E-state index in [1.807, 2.05) is 20.8 Å². The predicted octanol–water partition coefficient (Wildman–Crippen LogP) is 1.95. The number of hydrogen-bond donors (Lipinski definition) is 4. The third-order valence-electron chi connectivity index (χ3n) is 6.09. The number of carbonyl (C=O) groups excluding carboxylic acids is 4. The number of benzene rings is 1. The Morgan fingerprint density at radius 1 is 1.10 bits per heavy atom. The second-order valence-corrected chi connectivity index (χ2v) is 10.6. The molecular weight excluding hydrogens is 524 g/mol. The average Bonchev–Trinajstić information content (AvgIpc) is 3.22. The lowest BCUT2D eigenvalue weighted by Gasteiger charge is -2.20. The van der Waals surface area contributed by atoms with Crippen molar-refractivity contribution in [1.82, 2.24) is 25.8 Å². The van der Waals surface area contributed by atoms with Gasteiger partial charge in [0.05, 0.1) is 30.2 Å². The molecule has 1 aliphatic heterocycles. The number of fused-ring (bicyclic) bond motifs is 1. The van der Waals surface area contributed by atoms with Crippen LogP contribution in [-0.4, -0.2) is 77.2 Å². The van der Waals surface area contributed by atoms with E-state index < -0.39 is 49.2 Å². The number of amides is 4. The maximum atomic E-state index is 13.7. The average molecular weight is 558 g/mol. The van der Waals surface area contributed by atoms with Gasteiger partial charge >= 0.3 is 0 Å². The van der Waals surface area contributed by atoms with Crippen molar-refractivity contribution in [3.8, 4) is 6.07 Å². The molecule has 4 amide bonds. The molecule has 0 spiro atoms. The Morgan fingerprint density at radius 2 is 1.82 bits per heavy atom. The van der Waals surface area contributed by atoms with Gasteiger partial charge in [0.1, 0.15) is 6.04 Å². The largest absolute Gasteiger partial charge is 0.355 e. The number of aromatic nitrogens is 1. The van der Waals surface area contributed by atoms with E-state index in [1.165, 1.54) is 12.3 Å². The van der Waals surface area contributed by atoms with Gasteiger partial charge in [-0.05, 0) is 45.0 Å². The lowest BCUT2D eigenvalue weighted by atomic mass is 10.1. The van der Waals surface area contributed by atoms with Crippen LogP contribution in [0.3, 0.4) is 0 Å². The number of nitriles is 1. The van der Waals surface area contributed by atoms with E-state index in [0.717, 1.165) is 4.90 Å². The SMILES string of the molecule is CC(C)(C)NCCNC(=O)CCC(=O)Nc1ccc2nccc(C(=O)NCC(=O)N3CC(F)(F)C[C@H]3C#N)c2c1. The molecule has 0 aliphatic carbocycles. The minimum Gasteiger partial charge on any atom is -0.355 e. The lowest BCUT2D eigenvalue weighted by molar-refractivity contribution is -0.131. The van der Waals surface area contributed by atoms with Crippen molar-refractivity contribution in [3.05, 3.63) is 36.0 Å². The maximum absolute atomic E-state index is 13.7. The number of nitrogens with zero attached hydrogens (tertiary/aromatic N) is 3. The first-order valence-corrected chi connectivity index (χ1v) is 12.8. The molecule has 13 heteroatoms. The van der Waals surface area contributed by atoms with E-state index in [9.17, 15) is 28.0 Å². The number of hydrogen-bond acceptors (Lipinski definition) is 7. The molecule has 0 bridgehead atoms. The Labute approximate surface area is 230 Å². The van der Waals surface area contributed by atoms with E-state index in [1.54, 1.807) is 24.3 Å². The molecule has 1 fully saturated rings. The first-order valence-electron chi connectivity index (χ1n) is 12.8. The van der Waals surface area contributed by atoms with Crippen molar-refractivity contribution in [3.63, 3.8) is 0 Å². The molecule has 0 saturated carbocycles. The van der Waals surface area contributed by atoms with E-state index in [-0.39, 0.29) is 29.9 Å². The van der Waals surface area contributed by atoms with Crippen LogP contribution in [-0.2, 0) is 14.4 Å². The summed E-state index contributed by atoms with van der Waals surface area (Å²) in [7, 11) is 0. The first-order chi connectivity index (χ1) is 18.8. The third-order valence-corrected chi connectivity index (χ3v) is 6.09. The Bertz CT molecular complexity index is 1320. The fourth-order valence-corrected chi connectivity index (χ4v) is 4.15. The normalized spacial score (nSPS) is 16.3. The van der Waals surface area contributed by atoms with Crippen LogP contribution in [0.1, 0.15) is 50.4 Å². The van der Waals surface area contributed by atoms with Gasteiger partial charge in [-0.25, -0.2) is 8.78 Å². The Hall–Kier alpha value is -4.18. The molecule has 1 aromatic carbocycles. The van der Waals surface area contributed by atoms with Crippen LogP contribution >= 0.6 is 0 Å². The number of anilines is 1. The van der Waals surface area contributed by atoms with Gasteiger partial charge in [-0.3, -0.25) is 24.2 Å². The molecule has 40 heavy (non-hydrogen) atoms. The zero-order chi connectivity index (χ0) is 29.5. The number of likely N-dealkylation sites (tertiary alicyclic amines) is 1. The van der Waals surface area contributed by atoms with Gasteiger partial charge in [-0.1, -0.05) is 0 Å². The monoisotopic (exact) mass is 557 g/mol. The second kappa shape index (κ2) is 12.8. The molecule has 2 aromatic rings. The molecule has 0 unspecified atom stereocenters. The number of carbonyl (C=O) groups is 4. The van der Waals surface area contributed by atoms with Gasteiger partial charge in [-0.2, -0.15) is 5.26 Å². The minimum absolute atomic E-state index is 0.00772. The fourth-order valence-electron chi connectivity index (χ4n) is 4.15. The summed E-state index contributed by atoms with van der Waals surface area (Å²) in [6.07, 6.45) is 0.623. The molecule has 4 N–H and O–H groups in total. The van der Waals surface area contributed by atoms with Crippen LogP contribution in [0.15, 0.2) is 30.5 Å². The van der Waals surface area contributed by atoms with Crippen molar-refractivity contribution < 1.29 is 28.0 Å². The van der Waals surface area contributed by atoms with Crippen molar-refractivity contribution >= 4 is 40.2 Å². The van der Waals surface area contributed by atoms with Gasteiger partial charge in [0.15, 0.2) is 0 Å². The summed E-state index contributed by atoms with van der Waals surface area (Å²) in [6, 6.07) is 6.61. The Kier molecular flexibility index (Phi) is 9.70. The summed E-state index contributed by atoms with van der Waals surface area (Å²) < 4.78 is 27.3. The Morgan fingerprint density at radius 3 is 2.52 bits per heavy atom. The molecule has 1 aliphatic rings. The third kappa shape index (κ3) is 8.67. The van der Waals surface area contributed by atoms with Crippen molar-refractivity contribution in [1.29, 1.82) is 5.26 Å². The minimum atomic E-state index is -3.16. The number of alkyl halides is 2. The zero-order valence-electron chi connectivity index (χ0n) is 22.6. The van der Waals surface area contributed by atoms with E-state index in [4.69, 9.17) is 5.26 Å². The molecule has 11 nitrogen and oxygen atoms in total. The molecule has 0 radical (unpaired) electrons. The van der Waals surface area contributed by atoms with Crippen LogP contribution in [0.25, 0.3) is 10.9 Å². The highest BCUT2D eigenvalue weighted by molar-refractivity contribution is 6.08.